The monoisotopic (exact) mass is 502 g/mol. The largest absolute Gasteiger partial charge is 0.305 e. The standard InChI is InChI=1S/C33H34N4O/c38-33-16-15-30-17-20-34-27-32(30)37(33)26-25-35-23-18-31(19-24-35)36(21-7-13-28-9-3-1-4-10-28)22-8-14-29-11-5-2-6-12-29/h1-5,9-11,15-17,20,27,31H,6,12,18-19,21-26H2. The van der Waals surface area contributed by atoms with Crippen LogP contribution in [0, 0.1) is 23.7 Å². The maximum absolute atomic E-state index is 12.5. The minimum atomic E-state index is 0.0331. The van der Waals surface area contributed by atoms with Crippen molar-refractivity contribution in [3.05, 3.63) is 101 Å². The lowest BCUT2D eigenvalue weighted by atomic mass is 10.0. The first-order valence-corrected chi connectivity index (χ1v) is 13.5. The van der Waals surface area contributed by atoms with Crippen LogP contribution in [0.2, 0.25) is 0 Å². The third-order valence-electron chi connectivity index (χ3n) is 7.34. The number of rotatable bonds is 6. The van der Waals surface area contributed by atoms with Gasteiger partial charge < -0.3 is 9.47 Å². The molecule has 0 saturated carbocycles. The molecule has 2 aliphatic rings. The number of hydrogen-bond donors (Lipinski definition) is 0. The smallest absolute Gasteiger partial charge is 0.251 e. The average Bonchev–Trinajstić information content (AvgIpc) is 2.97. The van der Waals surface area contributed by atoms with Crippen LogP contribution < -0.4 is 5.56 Å². The van der Waals surface area contributed by atoms with Crippen LogP contribution in [0.4, 0.5) is 0 Å². The molecule has 0 amide bonds. The molecule has 0 radical (unpaired) electrons. The number of piperidine rings is 1. The van der Waals surface area contributed by atoms with Gasteiger partial charge in [0.15, 0.2) is 0 Å². The van der Waals surface area contributed by atoms with Gasteiger partial charge in [0.2, 0.25) is 0 Å². The maximum atomic E-state index is 12.5. The molecule has 5 nitrogen and oxygen atoms in total. The van der Waals surface area contributed by atoms with Crippen LogP contribution >= 0.6 is 0 Å². The Balaban J connectivity index is 1.20. The summed E-state index contributed by atoms with van der Waals surface area (Å²) in [5.74, 6) is 13.5. The molecule has 0 unspecified atom stereocenters. The van der Waals surface area contributed by atoms with E-state index in [0.717, 1.165) is 68.3 Å². The Kier molecular flexibility index (Phi) is 8.85. The van der Waals surface area contributed by atoms with Crippen LogP contribution in [0.25, 0.3) is 10.9 Å². The summed E-state index contributed by atoms with van der Waals surface area (Å²) in [5.41, 5.74) is 3.20. The van der Waals surface area contributed by atoms with Crippen molar-refractivity contribution in [1.29, 1.82) is 0 Å². The number of nitrogens with zero attached hydrogens (tertiary/aromatic N) is 4. The topological polar surface area (TPSA) is 41.4 Å². The average molecular weight is 503 g/mol. The normalized spacial score (nSPS) is 16.0. The van der Waals surface area contributed by atoms with E-state index in [1.54, 1.807) is 18.5 Å². The molecule has 5 heteroatoms. The number of likely N-dealkylation sites (tertiary alicyclic amines) is 1. The molecule has 0 bridgehead atoms. The van der Waals surface area contributed by atoms with Crippen LogP contribution in [0.3, 0.4) is 0 Å². The molecular formula is C33H34N4O. The molecule has 38 heavy (non-hydrogen) atoms. The molecule has 0 spiro atoms. The van der Waals surface area contributed by atoms with Gasteiger partial charge >= 0.3 is 0 Å². The fourth-order valence-corrected chi connectivity index (χ4v) is 5.15. The van der Waals surface area contributed by atoms with Gasteiger partial charge in [-0.25, -0.2) is 0 Å². The minimum Gasteiger partial charge on any atom is -0.305 e. The van der Waals surface area contributed by atoms with Crippen LogP contribution in [0.5, 0.6) is 0 Å². The zero-order valence-electron chi connectivity index (χ0n) is 21.9. The molecule has 192 valence electrons. The zero-order chi connectivity index (χ0) is 26.0. The van der Waals surface area contributed by atoms with Crippen LogP contribution in [-0.2, 0) is 6.54 Å². The Bertz CT molecular complexity index is 1470. The summed E-state index contributed by atoms with van der Waals surface area (Å²) in [7, 11) is 0. The van der Waals surface area contributed by atoms with E-state index in [1.807, 2.05) is 34.9 Å². The molecule has 1 aliphatic heterocycles. The van der Waals surface area contributed by atoms with E-state index in [-0.39, 0.29) is 5.56 Å². The van der Waals surface area contributed by atoms with Crippen molar-refractivity contribution in [2.45, 2.75) is 38.3 Å². The lowest BCUT2D eigenvalue weighted by Crippen LogP contribution is -2.46. The van der Waals surface area contributed by atoms with Gasteiger partial charge in [-0.3, -0.25) is 14.7 Å². The molecule has 2 aromatic heterocycles. The molecule has 0 N–H and O–H groups in total. The van der Waals surface area contributed by atoms with E-state index in [0.29, 0.717) is 19.1 Å². The highest BCUT2D eigenvalue weighted by atomic mass is 16.1. The van der Waals surface area contributed by atoms with Crippen molar-refractivity contribution >= 4 is 10.9 Å². The SMILES string of the molecule is O=c1ccc2ccncc2n1CCN1CCC(N(CC#CC2=CC=CCC2)CC#Cc2ccccc2)CC1. The number of fused-ring (bicyclic) bond motifs is 1. The minimum absolute atomic E-state index is 0.0331. The van der Waals surface area contributed by atoms with Gasteiger partial charge in [-0.1, -0.05) is 60.1 Å². The number of aromatic nitrogens is 2. The Morgan fingerprint density at radius 2 is 1.76 bits per heavy atom. The molecule has 3 heterocycles. The van der Waals surface area contributed by atoms with E-state index in [2.05, 4.69) is 68.8 Å². The summed E-state index contributed by atoms with van der Waals surface area (Å²) in [6.07, 6.45) is 14.2. The van der Waals surface area contributed by atoms with Crippen molar-refractivity contribution in [2.24, 2.45) is 0 Å². The van der Waals surface area contributed by atoms with Gasteiger partial charge in [0.25, 0.3) is 5.56 Å². The molecule has 1 saturated heterocycles. The molecule has 3 aromatic rings. The number of hydrogen-bond acceptors (Lipinski definition) is 4. The zero-order valence-corrected chi connectivity index (χ0v) is 21.9. The van der Waals surface area contributed by atoms with Gasteiger partial charge in [0.1, 0.15) is 0 Å². The molecule has 1 fully saturated rings. The van der Waals surface area contributed by atoms with E-state index >= 15 is 0 Å². The first-order chi connectivity index (χ1) is 18.8. The van der Waals surface area contributed by atoms with Crippen molar-refractivity contribution in [2.75, 3.05) is 32.7 Å². The lowest BCUT2D eigenvalue weighted by Gasteiger charge is -2.37. The third-order valence-corrected chi connectivity index (χ3v) is 7.34. The molecule has 5 rings (SSSR count). The predicted molar refractivity (Wildman–Crippen MR) is 155 cm³/mol. The summed E-state index contributed by atoms with van der Waals surface area (Å²) in [4.78, 5) is 21.7. The van der Waals surface area contributed by atoms with E-state index in [4.69, 9.17) is 0 Å². The van der Waals surface area contributed by atoms with Crippen molar-refractivity contribution < 1.29 is 0 Å². The summed E-state index contributed by atoms with van der Waals surface area (Å²) in [6, 6.07) is 16.1. The molecule has 0 atom stereocenters. The van der Waals surface area contributed by atoms with Crippen LogP contribution in [0.15, 0.2) is 89.5 Å². The molecule has 1 aromatic carbocycles. The van der Waals surface area contributed by atoms with Crippen molar-refractivity contribution in [1.82, 2.24) is 19.4 Å². The van der Waals surface area contributed by atoms with Gasteiger partial charge in [0, 0.05) is 47.9 Å². The first-order valence-electron chi connectivity index (χ1n) is 13.5. The highest BCUT2D eigenvalue weighted by molar-refractivity contribution is 5.77. The Labute approximate surface area is 225 Å². The van der Waals surface area contributed by atoms with Gasteiger partial charge in [-0.15, -0.1) is 0 Å². The van der Waals surface area contributed by atoms with E-state index < -0.39 is 0 Å². The van der Waals surface area contributed by atoms with E-state index in [1.165, 1.54) is 5.57 Å². The Morgan fingerprint density at radius 1 is 0.947 bits per heavy atom. The predicted octanol–water partition coefficient (Wildman–Crippen LogP) is 4.49. The molecular weight excluding hydrogens is 468 g/mol. The maximum Gasteiger partial charge on any atom is 0.251 e. The van der Waals surface area contributed by atoms with Gasteiger partial charge in [-0.2, -0.15) is 0 Å². The second kappa shape index (κ2) is 13.1. The highest BCUT2D eigenvalue weighted by Crippen LogP contribution is 2.17. The third kappa shape index (κ3) is 6.90. The van der Waals surface area contributed by atoms with E-state index in [9.17, 15) is 4.79 Å². The van der Waals surface area contributed by atoms with Crippen LogP contribution in [0.1, 0.15) is 31.2 Å². The second-order valence-corrected chi connectivity index (χ2v) is 9.86. The number of benzene rings is 1. The summed E-state index contributed by atoms with van der Waals surface area (Å²) >= 11 is 0. The quantitative estimate of drug-likeness (QED) is 0.466. The Hall–Kier alpha value is -3.90. The number of pyridine rings is 2. The summed E-state index contributed by atoms with van der Waals surface area (Å²) in [6.45, 7) is 4.99. The fraction of sp³-hybridized carbons (Fsp3) is 0.333. The van der Waals surface area contributed by atoms with Gasteiger partial charge in [-0.05, 0) is 63.0 Å². The first kappa shape index (κ1) is 25.7. The molecule has 1 aliphatic carbocycles. The fourth-order valence-electron chi connectivity index (χ4n) is 5.15. The summed E-state index contributed by atoms with van der Waals surface area (Å²) < 4.78 is 1.85. The van der Waals surface area contributed by atoms with Crippen LogP contribution in [-0.4, -0.2) is 58.1 Å². The van der Waals surface area contributed by atoms with Gasteiger partial charge in [0.05, 0.1) is 24.8 Å². The summed E-state index contributed by atoms with van der Waals surface area (Å²) in [5, 5.41) is 1.05. The van der Waals surface area contributed by atoms with Crippen molar-refractivity contribution in [3.63, 3.8) is 0 Å². The highest BCUT2D eigenvalue weighted by Gasteiger charge is 2.24. The van der Waals surface area contributed by atoms with Crippen molar-refractivity contribution in [3.8, 4) is 23.7 Å². The second-order valence-electron chi connectivity index (χ2n) is 9.86. The Morgan fingerprint density at radius 3 is 2.55 bits per heavy atom. The number of allylic oxidation sites excluding steroid dienone is 4. The lowest BCUT2D eigenvalue weighted by molar-refractivity contribution is 0.126.